The van der Waals surface area contributed by atoms with Crippen molar-refractivity contribution in [3.8, 4) is 28.5 Å². The van der Waals surface area contributed by atoms with Crippen molar-refractivity contribution in [1.29, 1.82) is 0 Å². The van der Waals surface area contributed by atoms with Crippen molar-refractivity contribution in [2.75, 3.05) is 25.0 Å². The number of piperidine rings is 1. The van der Waals surface area contributed by atoms with E-state index in [-0.39, 0.29) is 11.6 Å². The number of benzene rings is 2. The van der Waals surface area contributed by atoms with E-state index in [1.165, 1.54) is 62.0 Å². The van der Waals surface area contributed by atoms with E-state index in [1.807, 2.05) is 12.1 Å². The Morgan fingerprint density at radius 2 is 1.66 bits per heavy atom. The van der Waals surface area contributed by atoms with Crippen LogP contribution in [0.25, 0.3) is 22.3 Å². The molecule has 0 aliphatic carbocycles. The summed E-state index contributed by atoms with van der Waals surface area (Å²) in [4.78, 5) is 24.6. The number of rotatable bonds is 5. The Balaban J connectivity index is 1.35. The summed E-state index contributed by atoms with van der Waals surface area (Å²) in [5.41, 5.74) is 5.06. The highest BCUT2D eigenvalue weighted by Gasteiger charge is 2.19. The molecule has 0 unspecified atom stereocenters. The third kappa shape index (κ3) is 4.65. The molecule has 8 heteroatoms. The van der Waals surface area contributed by atoms with Gasteiger partial charge in [0, 0.05) is 31.3 Å². The van der Waals surface area contributed by atoms with Crippen molar-refractivity contribution < 1.29 is 20.1 Å². The van der Waals surface area contributed by atoms with Crippen molar-refractivity contribution in [2.45, 2.75) is 25.8 Å². The molecular weight excluding hydrogens is 444 g/mol. The van der Waals surface area contributed by atoms with Gasteiger partial charge in [0.2, 0.25) is 0 Å². The second kappa shape index (κ2) is 9.31. The Labute approximate surface area is 203 Å². The van der Waals surface area contributed by atoms with Crippen LogP contribution in [0.2, 0.25) is 0 Å². The van der Waals surface area contributed by atoms with E-state index in [0.29, 0.717) is 11.2 Å². The molecule has 0 bridgehead atoms. The van der Waals surface area contributed by atoms with Crippen LogP contribution in [-0.4, -0.2) is 56.2 Å². The van der Waals surface area contributed by atoms with Crippen molar-refractivity contribution in [3.05, 3.63) is 65.9 Å². The Morgan fingerprint density at radius 3 is 2.34 bits per heavy atom. The van der Waals surface area contributed by atoms with Crippen LogP contribution in [0.4, 0.5) is 5.69 Å². The Hall–Kier alpha value is -4.04. The quantitative estimate of drug-likeness (QED) is 0.316. The summed E-state index contributed by atoms with van der Waals surface area (Å²) in [6.07, 6.45) is 3.88. The largest absolute Gasteiger partial charge is 0.504 e. The number of carbonyl (C=O) groups excluding carboxylic acids is 1. The number of nitrogens with one attached hydrogen (secondary N) is 1. The van der Waals surface area contributed by atoms with E-state index in [2.05, 4.69) is 34.1 Å². The van der Waals surface area contributed by atoms with E-state index in [1.54, 1.807) is 6.07 Å². The van der Waals surface area contributed by atoms with Crippen molar-refractivity contribution in [3.63, 3.8) is 0 Å². The van der Waals surface area contributed by atoms with Gasteiger partial charge in [-0.25, -0.2) is 4.98 Å². The number of hydrogen-bond acceptors (Lipinski definition) is 6. The summed E-state index contributed by atoms with van der Waals surface area (Å²) >= 11 is 0. The van der Waals surface area contributed by atoms with Crippen LogP contribution in [0.3, 0.4) is 0 Å². The number of hydrogen-bond donors (Lipinski definition) is 4. The number of aromatic hydroxyl groups is 3. The number of phenols is 3. The topological polar surface area (TPSA) is 113 Å². The lowest BCUT2D eigenvalue weighted by Gasteiger charge is -2.26. The van der Waals surface area contributed by atoms with Gasteiger partial charge in [-0.15, -0.1) is 0 Å². The summed E-state index contributed by atoms with van der Waals surface area (Å²) in [5, 5.41) is 29.1. The highest BCUT2D eigenvalue weighted by atomic mass is 16.3. The average Bonchev–Trinajstić information content (AvgIpc) is 3.30. The molecule has 3 heterocycles. The van der Waals surface area contributed by atoms with Gasteiger partial charge in [0.15, 0.2) is 17.2 Å². The zero-order valence-corrected chi connectivity index (χ0v) is 19.5. The van der Waals surface area contributed by atoms with Crippen molar-refractivity contribution in [2.24, 2.45) is 0 Å². The van der Waals surface area contributed by atoms with Gasteiger partial charge < -0.3 is 25.2 Å². The van der Waals surface area contributed by atoms with Gasteiger partial charge in [-0.1, -0.05) is 30.7 Å². The first kappa shape index (κ1) is 22.7. The molecule has 1 aliphatic heterocycles. The van der Waals surface area contributed by atoms with Gasteiger partial charge in [0.05, 0.1) is 22.4 Å². The van der Waals surface area contributed by atoms with E-state index >= 15 is 0 Å². The third-order valence-corrected chi connectivity index (χ3v) is 6.56. The number of nitrogens with zero attached hydrogens (tertiary/aromatic N) is 3. The first-order chi connectivity index (χ1) is 16.9. The molecule has 8 nitrogen and oxygen atoms in total. The monoisotopic (exact) mass is 472 g/mol. The van der Waals surface area contributed by atoms with Crippen LogP contribution in [0.15, 0.2) is 54.6 Å². The molecule has 1 fully saturated rings. The highest BCUT2D eigenvalue weighted by Crippen LogP contribution is 2.38. The summed E-state index contributed by atoms with van der Waals surface area (Å²) in [6.45, 7) is 3.30. The minimum absolute atomic E-state index is 0.236. The molecule has 0 atom stereocenters. The van der Waals surface area contributed by atoms with E-state index < -0.39 is 17.2 Å². The first-order valence-corrected chi connectivity index (χ1v) is 11.7. The number of pyridine rings is 1. The van der Waals surface area contributed by atoms with Gasteiger partial charge in [-0.3, -0.25) is 9.69 Å². The second-order valence-corrected chi connectivity index (χ2v) is 9.04. The maximum absolute atomic E-state index is 13.0. The first-order valence-electron chi connectivity index (χ1n) is 11.7. The van der Waals surface area contributed by atoms with Gasteiger partial charge in [0.1, 0.15) is 5.69 Å². The predicted molar refractivity (Wildman–Crippen MR) is 135 cm³/mol. The minimum Gasteiger partial charge on any atom is -0.504 e. The smallest absolute Gasteiger partial charge is 0.274 e. The Morgan fingerprint density at radius 1 is 0.971 bits per heavy atom. The van der Waals surface area contributed by atoms with Gasteiger partial charge in [-0.2, -0.15) is 0 Å². The molecule has 1 amide bonds. The van der Waals surface area contributed by atoms with Crippen LogP contribution >= 0.6 is 0 Å². The van der Waals surface area contributed by atoms with Gasteiger partial charge in [-0.05, 0) is 49.7 Å². The lowest BCUT2D eigenvalue weighted by atomic mass is 10.1. The molecule has 1 aliphatic rings. The number of carbonyl (C=O) groups is 1. The summed E-state index contributed by atoms with van der Waals surface area (Å²) in [6, 6.07) is 16.4. The number of anilines is 1. The molecule has 35 heavy (non-hydrogen) atoms. The van der Waals surface area contributed by atoms with Crippen LogP contribution < -0.4 is 4.90 Å². The summed E-state index contributed by atoms with van der Waals surface area (Å²) in [5.74, 6) is -2.03. The van der Waals surface area contributed by atoms with Crippen LogP contribution in [0, 0.1) is 0 Å². The third-order valence-electron chi connectivity index (χ3n) is 6.56. The summed E-state index contributed by atoms with van der Waals surface area (Å²) < 4.78 is 0. The lowest BCUT2D eigenvalue weighted by molar-refractivity contribution is 0.0989. The minimum atomic E-state index is -0.628. The molecule has 2 aromatic carbocycles. The predicted octanol–water partition coefficient (Wildman–Crippen LogP) is 4.61. The maximum atomic E-state index is 13.0. The van der Waals surface area contributed by atoms with Gasteiger partial charge in [0.25, 0.3) is 5.91 Å². The Kier molecular flexibility index (Phi) is 6.05. The number of aromatic nitrogens is 2. The maximum Gasteiger partial charge on any atom is 0.274 e. The number of likely N-dealkylation sites (tertiary alicyclic amines) is 1. The summed E-state index contributed by atoms with van der Waals surface area (Å²) in [7, 11) is 1.52. The second-order valence-electron chi connectivity index (χ2n) is 9.04. The van der Waals surface area contributed by atoms with Crippen LogP contribution in [-0.2, 0) is 6.54 Å². The van der Waals surface area contributed by atoms with E-state index in [4.69, 9.17) is 4.98 Å². The molecule has 0 radical (unpaired) electrons. The molecular formula is C27H28N4O4. The fourth-order valence-corrected chi connectivity index (χ4v) is 4.52. The van der Waals surface area contributed by atoms with Crippen LogP contribution in [0.1, 0.15) is 35.3 Å². The molecule has 2 aromatic heterocycles. The van der Waals surface area contributed by atoms with Crippen molar-refractivity contribution >= 4 is 22.6 Å². The average molecular weight is 473 g/mol. The molecule has 0 spiro atoms. The fraction of sp³-hybridized carbons (Fsp3) is 0.259. The lowest BCUT2D eigenvalue weighted by Crippen LogP contribution is -2.28. The number of amides is 1. The van der Waals surface area contributed by atoms with E-state index in [0.717, 1.165) is 23.3 Å². The molecule has 0 saturated carbocycles. The normalized spacial score (nSPS) is 14.3. The zero-order valence-electron chi connectivity index (χ0n) is 19.5. The van der Waals surface area contributed by atoms with E-state index in [9.17, 15) is 20.1 Å². The van der Waals surface area contributed by atoms with Gasteiger partial charge >= 0.3 is 0 Å². The highest BCUT2D eigenvalue weighted by molar-refractivity contribution is 6.07. The number of aromatic amines is 1. The number of fused-ring (bicyclic) bond motifs is 1. The molecule has 5 rings (SSSR count). The molecule has 1 saturated heterocycles. The molecule has 4 N–H and O–H groups in total. The van der Waals surface area contributed by atoms with Crippen molar-refractivity contribution in [1.82, 2.24) is 14.9 Å². The standard InChI is InChI=1S/C27H28N4O4/c1-30(19-13-24(32)26(34)25(33)14-19)27(35)23-15-22-21(29-23)10-9-20(28-22)18-7-5-17(6-8-18)16-31-11-3-2-4-12-31/h5-10,13-15,29,32-34H,2-4,11-12,16H2,1H3. The molecule has 180 valence electrons. The Bertz CT molecular complexity index is 1350. The number of phenolic OH excluding ortho intramolecular Hbond substituents is 3. The SMILES string of the molecule is CN(C(=O)c1cc2nc(-c3ccc(CN4CCCCC4)cc3)ccc2[nH]1)c1cc(O)c(O)c(O)c1. The van der Waals surface area contributed by atoms with Crippen LogP contribution in [0.5, 0.6) is 17.2 Å². The fourth-order valence-electron chi connectivity index (χ4n) is 4.52. The molecule has 4 aromatic rings. The number of H-pyrrole nitrogens is 1. The zero-order chi connectivity index (χ0) is 24.5.